The molecule has 1 amide bonds. The molecule has 0 aliphatic heterocycles. The van der Waals surface area contributed by atoms with Crippen molar-refractivity contribution in [3.05, 3.63) is 83.4 Å². The molecule has 172 valence electrons. The maximum absolute atomic E-state index is 12.9. The molecule has 0 fully saturated rings. The van der Waals surface area contributed by atoms with Crippen LogP contribution in [0, 0.1) is 25.2 Å². The molecule has 0 saturated heterocycles. The molecule has 0 radical (unpaired) electrons. The van der Waals surface area contributed by atoms with Gasteiger partial charge in [-0.05, 0) is 45.0 Å². The van der Waals surface area contributed by atoms with Crippen molar-refractivity contribution in [3.63, 3.8) is 0 Å². The molecule has 1 unspecified atom stereocenters. The monoisotopic (exact) mass is 489 g/mol. The van der Waals surface area contributed by atoms with Crippen LogP contribution in [0.2, 0.25) is 0 Å². The van der Waals surface area contributed by atoms with E-state index in [0.717, 1.165) is 22.0 Å². The van der Waals surface area contributed by atoms with Crippen LogP contribution in [0.5, 0.6) is 0 Å². The van der Waals surface area contributed by atoms with Gasteiger partial charge >= 0.3 is 0 Å². The van der Waals surface area contributed by atoms with Crippen LogP contribution in [0.1, 0.15) is 29.6 Å². The summed E-state index contributed by atoms with van der Waals surface area (Å²) in [4.78, 5) is 14.1. The van der Waals surface area contributed by atoms with Gasteiger partial charge in [-0.15, -0.1) is 22.0 Å². The van der Waals surface area contributed by atoms with Crippen LogP contribution < -0.4 is 5.32 Å². The smallest absolute Gasteiger partial charge is 0.240 e. The summed E-state index contributed by atoms with van der Waals surface area (Å²) in [6.07, 6.45) is 0. The number of hydrogen-bond donors (Lipinski definition) is 1. The number of thioether (sulfide) groups is 2. The van der Waals surface area contributed by atoms with Crippen LogP contribution in [0.25, 0.3) is 5.69 Å². The molecule has 4 aromatic rings. The highest BCUT2D eigenvalue weighted by molar-refractivity contribution is 8.00. The molecule has 0 bridgehead atoms. The fraction of sp³-hybridized carbons (Fsp3) is 0.200. The molecule has 9 heteroatoms. The van der Waals surface area contributed by atoms with Gasteiger partial charge in [0.25, 0.3) is 0 Å². The van der Waals surface area contributed by atoms with Gasteiger partial charge in [0.15, 0.2) is 5.16 Å². The Morgan fingerprint density at radius 1 is 1.12 bits per heavy atom. The predicted octanol–water partition coefficient (Wildman–Crippen LogP) is 5.76. The van der Waals surface area contributed by atoms with Gasteiger partial charge in [0.1, 0.15) is 23.2 Å². The predicted molar refractivity (Wildman–Crippen MR) is 134 cm³/mol. The number of carbonyl (C=O) groups excluding carboxylic acids is 1. The van der Waals surface area contributed by atoms with Crippen LogP contribution in [0.3, 0.4) is 0 Å². The van der Waals surface area contributed by atoms with Crippen molar-refractivity contribution in [3.8, 4) is 11.8 Å². The summed E-state index contributed by atoms with van der Waals surface area (Å²) in [6, 6.07) is 22.1. The lowest BCUT2D eigenvalue weighted by molar-refractivity contribution is -0.115. The molecule has 2 heterocycles. The first-order valence-electron chi connectivity index (χ1n) is 10.6. The van der Waals surface area contributed by atoms with E-state index >= 15 is 0 Å². The first-order chi connectivity index (χ1) is 16.5. The molecule has 2 aromatic carbocycles. The van der Waals surface area contributed by atoms with Crippen molar-refractivity contribution in [1.82, 2.24) is 14.8 Å². The number of nitrogens with one attached hydrogen (secondary N) is 1. The van der Waals surface area contributed by atoms with E-state index in [4.69, 9.17) is 4.42 Å². The van der Waals surface area contributed by atoms with Gasteiger partial charge in [-0.1, -0.05) is 48.2 Å². The van der Waals surface area contributed by atoms with E-state index in [-0.39, 0.29) is 11.8 Å². The van der Waals surface area contributed by atoms with E-state index in [0.29, 0.717) is 22.2 Å². The molecule has 7 nitrogen and oxygen atoms in total. The van der Waals surface area contributed by atoms with Gasteiger partial charge in [0.05, 0.1) is 11.0 Å². The van der Waals surface area contributed by atoms with Gasteiger partial charge in [0, 0.05) is 16.1 Å². The quantitative estimate of drug-likeness (QED) is 0.314. The first-order valence-corrected chi connectivity index (χ1v) is 12.5. The minimum absolute atomic E-state index is 0.180. The second-order valence-electron chi connectivity index (χ2n) is 7.52. The lowest BCUT2D eigenvalue weighted by Crippen LogP contribution is -2.23. The average molecular weight is 490 g/mol. The zero-order valence-electron chi connectivity index (χ0n) is 19.0. The average Bonchev–Trinajstić information content (AvgIpc) is 3.38. The Labute approximate surface area is 206 Å². The van der Waals surface area contributed by atoms with Crippen molar-refractivity contribution >= 4 is 35.3 Å². The first kappa shape index (κ1) is 23.7. The van der Waals surface area contributed by atoms with Crippen molar-refractivity contribution < 1.29 is 9.21 Å². The number of aryl methyl sites for hydroxylation is 1. The number of carbonyl (C=O) groups is 1. The van der Waals surface area contributed by atoms with Gasteiger partial charge in [-0.3, -0.25) is 14.7 Å². The molecular weight excluding hydrogens is 466 g/mol. The molecule has 1 atom stereocenters. The Morgan fingerprint density at radius 3 is 2.47 bits per heavy atom. The van der Waals surface area contributed by atoms with Crippen molar-refractivity contribution in [2.45, 2.75) is 41.8 Å². The summed E-state index contributed by atoms with van der Waals surface area (Å²) in [5.41, 5.74) is 1.99. The lowest BCUT2D eigenvalue weighted by Gasteiger charge is -2.13. The number of para-hydroxylation sites is 1. The summed E-state index contributed by atoms with van der Waals surface area (Å²) < 4.78 is 7.56. The molecule has 0 spiro atoms. The summed E-state index contributed by atoms with van der Waals surface area (Å²) in [5.74, 6) is 1.93. The van der Waals surface area contributed by atoms with Gasteiger partial charge in [-0.2, -0.15) is 5.26 Å². The van der Waals surface area contributed by atoms with Crippen molar-refractivity contribution in [2.75, 3.05) is 5.32 Å². The number of nitrogens with zero attached hydrogens (tertiary/aromatic N) is 4. The van der Waals surface area contributed by atoms with Crippen LogP contribution >= 0.6 is 23.5 Å². The van der Waals surface area contributed by atoms with E-state index in [2.05, 4.69) is 33.7 Å². The second-order valence-corrected chi connectivity index (χ2v) is 9.88. The molecular formula is C25H23N5O2S2. The van der Waals surface area contributed by atoms with E-state index in [1.807, 2.05) is 53.1 Å². The number of rotatable bonds is 8. The largest absolute Gasteiger partial charge is 0.444 e. The Kier molecular flexibility index (Phi) is 7.40. The molecule has 0 saturated carbocycles. The highest BCUT2D eigenvalue weighted by Gasteiger charge is 2.24. The maximum Gasteiger partial charge on any atom is 0.240 e. The van der Waals surface area contributed by atoms with Gasteiger partial charge in [-0.25, -0.2) is 0 Å². The summed E-state index contributed by atoms with van der Waals surface area (Å²) >= 11 is 2.98. The maximum atomic E-state index is 12.9. The Balaban J connectivity index is 1.55. The Morgan fingerprint density at radius 2 is 1.79 bits per heavy atom. The SMILES string of the molecule is Cc1oc(NC(=O)C(C)Sc2nnc(CSc3ccccc3)n2-c2ccccc2)c(C#N)c1C. The topological polar surface area (TPSA) is 96.7 Å². The molecule has 34 heavy (non-hydrogen) atoms. The molecule has 0 aliphatic carbocycles. The molecule has 2 aromatic heterocycles. The molecule has 1 N–H and O–H groups in total. The van der Waals surface area contributed by atoms with Crippen molar-refractivity contribution in [1.29, 1.82) is 5.26 Å². The highest BCUT2D eigenvalue weighted by Crippen LogP contribution is 2.31. The minimum atomic E-state index is -0.501. The standard InChI is InChI=1S/C25H23N5O2S2/c1-16-17(2)32-24(21(16)14-26)27-23(31)18(3)34-25-29-28-22(15-33-20-12-8-5-9-13-20)30(25)19-10-6-4-7-11-19/h4-13,18H,15H2,1-3H3,(H,27,31). The number of nitriles is 1. The zero-order valence-corrected chi connectivity index (χ0v) is 20.6. The van der Waals surface area contributed by atoms with Crippen LogP contribution in [0.4, 0.5) is 5.88 Å². The Bertz CT molecular complexity index is 1330. The van der Waals surface area contributed by atoms with Crippen molar-refractivity contribution in [2.24, 2.45) is 0 Å². The molecule has 4 rings (SSSR count). The number of furan rings is 1. The summed E-state index contributed by atoms with van der Waals surface area (Å²) in [5, 5.41) is 21.1. The highest BCUT2D eigenvalue weighted by atomic mass is 32.2. The van der Waals surface area contributed by atoms with Crippen LogP contribution in [-0.4, -0.2) is 25.9 Å². The third kappa shape index (κ3) is 5.19. The van der Waals surface area contributed by atoms with E-state index in [1.165, 1.54) is 11.8 Å². The lowest BCUT2D eigenvalue weighted by atomic mass is 10.2. The number of anilines is 1. The van der Waals surface area contributed by atoms with Gasteiger partial charge < -0.3 is 4.42 Å². The summed E-state index contributed by atoms with van der Waals surface area (Å²) in [6.45, 7) is 5.35. The third-order valence-electron chi connectivity index (χ3n) is 5.21. The minimum Gasteiger partial charge on any atom is -0.444 e. The normalized spacial score (nSPS) is 11.7. The van der Waals surface area contributed by atoms with E-state index in [9.17, 15) is 10.1 Å². The Hall–Kier alpha value is -3.48. The number of amides is 1. The summed E-state index contributed by atoms with van der Waals surface area (Å²) in [7, 11) is 0. The fourth-order valence-corrected chi connectivity index (χ4v) is 4.96. The third-order valence-corrected chi connectivity index (χ3v) is 7.26. The van der Waals surface area contributed by atoms with Crippen LogP contribution in [0.15, 0.2) is 75.1 Å². The number of hydrogen-bond acceptors (Lipinski definition) is 7. The van der Waals surface area contributed by atoms with Gasteiger partial charge in [0.2, 0.25) is 11.8 Å². The fourth-order valence-electron chi connectivity index (χ4n) is 3.25. The van der Waals surface area contributed by atoms with E-state index in [1.54, 1.807) is 32.5 Å². The number of benzene rings is 2. The zero-order chi connectivity index (χ0) is 24.1. The molecule has 0 aliphatic rings. The second kappa shape index (κ2) is 10.6. The van der Waals surface area contributed by atoms with Crippen LogP contribution in [-0.2, 0) is 10.5 Å². The number of aromatic nitrogens is 3. The van der Waals surface area contributed by atoms with E-state index < -0.39 is 5.25 Å².